The third-order valence-corrected chi connectivity index (χ3v) is 2.15. The Labute approximate surface area is 99.7 Å². The number of rotatable bonds is 5. The van der Waals surface area contributed by atoms with Crippen molar-refractivity contribution in [1.82, 2.24) is 5.32 Å². The molecule has 5 nitrogen and oxygen atoms in total. The second-order valence-electron chi connectivity index (χ2n) is 3.39. The van der Waals surface area contributed by atoms with Gasteiger partial charge in [0.1, 0.15) is 6.54 Å². The molecule has 0 saturated heterocycles. The first-order valence-corrected chi connectivity index (χ1v) is 5.10. The fourth-order valence-corrected chi connectivity index (χ4v) is 1.25. The molecule has 1 amide bonds. The summed E-state index contributed by atoms with van der Waals surface area (Å²) in [5.41, 5.74) is 1.48. The average Bonchev–Trinajstić information content (AvgIpc) is 2.36. The number of hydrogen-bond donors (Lipinski definition) is 1. The highest BCUT2D eigenvalue weighted by Gasteiger charge is 2.07. The van der Waals surface area contributed by atoms with Crippen LogP contribution in [0.4, 0.5) is 0 Å². The van der Waals surface area contributed by atoms with Gasteiger partial charge in [0, 0.05) is 12.7 Å². The van der Waals surface area contributed by atoms with Gasteiger partial charge >= 0.3 is 5.97 Å². The third kappa shape index (κ3) is 4.24. The maximum atomic E-state index is 11.6. The minimum absolute atomic E-state index is 0.130. The topological polar surface area (TPSA) is 64.6 Å². The van der Waals surface area contributed by atoms with E-state index in [2.05, 4.69) is 10.1 Å². The Morgan fingerprint density at radius 2 is 1.82 bits per heavy atom. The first kappa shape index (κ1) is 13.2. The van der Waals surface area contributed by atoms with Crippen molar-refractivity contribution in [2.24, 2.45) is 0 Å². The minimum Gasteiger partial charge on any atom is -0.468 e. The zero-order valence-corrected chi connectivity index (χ0v) is 9.86. The smallest absolute Gasteiger partial charge is 0.325 e. The van der Waals surface area contributed by atoms with Crippen molar-refractivity contribution in [3.63, 3.8) is 0 Å². The largest absolute Gasteiger partial charge is 0.468 e. The molecule has 0 spiro atoms. The molecule has 1 rings (SSSR count). The second kappa shape index (κ2) is 6.65. The summed E-state index contributed by atoms with van der Waals surface area (Å²) in [7, 11) is 2.88. The molecule has 0 aliphatic rings. The zero-order valence-electron chi connectivity index (χ0n) is 9.86. The first-order valence-electron chi connectivity index (χ1n) is 5.10. The molecule has 0 heterocycles. The quantitative estimate of drug-likeness (QED) is 0.767. The summed E-state index contributed by atoms with van der Waals surface area (Å²) in [6, 6.07) is 6.97. The fraction of sp³-hybridized carbons (Fsp3) is 0.333. The normalized spacial score (nSPS) is 9.76. The molecule has 0 aliphatic carbocycles. The molecule has 1 aromatic rings. The maximum absolute atomic E-state index is 11.6. The van der Waals surface area contributed by atoms with E-state index < -0.39 is 5.97 Å². The van der Waals surface area contributed by atoms with Crippen LogP contribution in [-0.4, -0.2) is 32.6 Å². The molecule has 1 aromatic carbocycles. The van der Waals surface area contributed by atoms with Gasteiger partial charge in [0.05, 0.1) is 13.7 Å². The number of carbonyl (C=O) groups excluding carboxylic acids is 2. The highest BCUT2D eigenvalue weighted by atomic mass is 16.5. The molecule has 0 aliphatic heterocycles. The summed E-state index contributed by atoms with van der Waals surface area (Å²) >= 11 is 0. The predicted molar refractivity (Wildman–Crippen MR) is 61.5 cm³/mol. The van der Waals surface area contributed by atoms with E-state index in [0.717, 1.165) is 5.56 Å². The Balaban J connectivity index is 2.54. The number of ether oxygens (including phenoxy) is 2. The molecule has 17 heavy (non-hydrogen) atoms. The van der Waals surface area contributed by atoms with Gasteiger partial charge in [0.15, 0.2) is 0 Å². The molecule has 0 aromatic heterocycles. The molecule has 0 fully saturated rings. The van der Waals surface area contributed by atoms with E-state index in [4.69, 9.17) is 4.74 Å². The Hall–Kier alpha value is -1.88. The first-order chi connectivity index (χ1) is 8.17. The van der Waals surface area contributed by atoms with Crippen molar-refractivity contribution in [3.05, 3.63) is 35.4 Å². The van der Waals surface area contributed by atoms with Crippen molar-refractivity contribution in [2.45, 2.75) is 6.61 Å². The Morgan fingerprint density at radius 3 is 2.35 bits per heavy atom. The zero-order chi connectivity index (χ0) is 12.7. The van der Waals surface area contributed by atoms with E-state index in [9.17, 15) is 9.59 Å². The summed E-state index contributed by atoms with van der Waals surface area (Å²) < 4.78 is 9.38. The standard InChI is InChI=1S/C12H15NO4/c1-16-8-9-3-5-10(6-4-9)12(15)13-7-11(14)17-2/h3-6H,7-8H2,1-2H3,(H,13,15). The molecule has 0 radical (unpaired) electrons. The van der Waals surface area contributed by atoms with Crippen molar-refractivity contribution >= 4 is 11.9 Å². The Morgan fingerprint density at radius 1 is 1.18 bits per heavy atom. The van der Waals surface area contributed by atoms with E-state index in [-0.39, 0.29) is 12.5 Å². The summed E-state index contributed by atoms with van der Waals surface area (Å²) in [6.45, 7) is 0.374. The van der Waals surface area contributed by atoms with E-state index >= 15 is 0 Å². The highest BCUT2D eigenvalue weighted by molar-refractivity contribution is 5.95. The van der Waals surface area contributed by atoms with Crippen LogP contribution in [0, 0.1) is 0 Å². The monoisotopic (exact) mass is 237 g/mol. The molecule has 1 N–H and O–H groups in total. The van der Waals surface area contributed by atoms with Crippen LogP contribution < -0.4 is 5.32 Å². The van der Waals surface area contributed by atoms with Crippen molar-refractivity contribution in [3.8, 4) is 0 Å². The molecule has 5 heteroatoms. The van der Waals surface area contributed by atoms with Crippen molar-refractivity contribution < 1.29 is 19.1 Å². The van der Waals surface area contributed by atoms with Gasteiger partial charge in [-0.15, -0.1) is 0 Å². The Bertz CT molecular complexity index is 386. The molecule has 0 unspecified atom stereocenters. The summed E-state index contributed by atoms with van der Waals surface area (Å²) in [5.74, 6) is -0.784. The lowest BCUT2D eigenvalue weighted by Gasteiger charge is -2.05. The number of esters is 1. The summed E-state index contributed by atoms with van der Waals surface area (Å²) in [4.78, 5) is 22.4. The molecule has 0 bridgehead atoms. The van der Waals surface area contributed by atoms with Gasteiger partial charge in [-0.25, -0.2) is 0 Å². The summed E-state index contributed by atoms with van der Waals surface area (Å²) in [5, 5.41) is 2.46. The van der Waals surface area contributed by atoms with Crippen LogP contribution in [-0.2, 0) is 20.9 Å². The van der Waals surface area contributed by atoms with Gasteiger partial charge in [-0.3, -0.25) is 9.59 Å². The van der Waals surface area contributed by atoms with E-state index in [1.54, 1.807) is 31.4 Å². The van der Waals surface area contributed by atoms with Crippen LogP contribution in [0.15, 0.2) is 24.3 Å². The van der Waals surface area contributed by atoms with Crippen LogP contribution in [0.25, 0.3) is 0 Å². The van der Waals surface area contributed by atoms with Gasteiger partial charge in [0.25, 0.3) is 5.91 Å². The molecule has 0 saturated carbocycles. The van der Waals surface area contributed by atoms with Crippen molar-refractivity contribution in [1.29, 1.82) is 0 Å². The molecule has 92 valence electrons. The number of methoxy groups -OCH3 is 2. The lowest BCUT2D eigenvalue weighted by atomic mass is 10.1. The van der Waals surface area contributed by atoms with Crippen molar-refractivity contribution in [2.75, 3.05) is 20.8 Å². The van der Waals surface area contributed by atoms with E-state index in [0.29, 0.717) is 12.2 Å². The third-order valence-electron chi connectivity index (χ3n) is 2.15. The van der Waals surface area contributed by atoms with Crippen LogP contribution in [0.3, 0.4) is 0 Å². The maximum Gasteiger partial charge on any atom is 0.325 e. The van der Waals surface area contributed by atoms with Gasteiger partial charge in [-0.2, -0.15) is 0 Å². The van der Waals surface area contributed by atoms with Gasteiger partial charge < -0.3 is 14.8 Å². The number of hydrogen-bond acceptors (Lipinski definition) is 4. The van der Waals surface area contributed by atoms with E-state index in [1.165, 1.54) is 7.11 Å². The number of nitrogens with one attached hydrogen (secondary N) is 1. The fourth-order valence-electron chi connectivity index (χ4n) is 1.25. The molecular formula is C12H15NO4. The van der Waals surface area contributed by atoms with Gasteiger partial charge in [-0.05, 0) is 17.7 Å². The van der Waals surface area contributed by atoms with Gasteiger partial charge in [-0.1, -0.05) is 12.1 Å². The summed E-state index contributed by atoms with van der Waals surface area (Å²) in [6.07, 6.45) is 0. The SMILES string of the molecule is COCc1ccc(C(=O)NCC(=O)OC)cc1. The predicted octanol–water partition coefficient (Wildman–Crippen LogP) is 0.736. The number of amides is 1. The molecular weight excluding hydrogens is 222 g/mol. The van der Waals surface area contributed by atoms with Crippen LogP contribution >= 0.6 is 0 Å². The second-order valence-corrected chi connectivity index (χ2v) is 3.39. The number of benzene rings is 1. The van der Waals surface area contributed by atoms with Crippen LogP contribution in [0.2, 0.25) is 0 Å². The number of carbonyl (C=O) groups is 2. The highest BCUT2D eigenvalue weighted by Crippen LogP contribution is 2.05. The molecule has 0 atom stereocenters. The van der Waals surface area contributed by atoms with Gasteiger partial charge in [0.2, 0.25) is 0 Å². The van der Waals surface area contributed by atoms with Crippen LogP contribution in [0.1, 0.15) is 15.9 Å². The minimum atomic E-state index is -0.477. The average molecular weight is 237 g/mol. The lowest BCUT2D eigenvalue weighted by molar-refractivity contribution is -0.139. The van der Waals surface area contributed by atoms with Crippen LogP contribution in [0.5, 0.6) is 0 Å². The van der Waals surface area contributed by atoms with E-state index in [1.807, 2.05) is 0 Å². The lowest BCUT2D eigenvalue weighted by Crippen LogP contribution is -2.30. The Kier molecular flexibility index (Phi) is 5.16.